The average Bonchev–Trinajstić information content (AvgIpc) is 2.95. The highest BCUT2D eigenvalue weighted by Gasteiger charge is 2.41. The van der Waals surface area contributed by atoms with Gasteiger partial charge in [0.2, 0.25) is 0 Å². The zero-order valence-corrected chi connectivity index (χ0v) is 18.6. The summed E-state index contributed by atoms with van der Waals surface area (Å²) in [6, 6.07) is 20.3. The van der Waals surface area contributed by atoms with Crippen LogP contribution in [0, 0.1) is 13.8 Å². The molecule has 0 aromatic heterocycles. The summed E-state index contributed by atoms with van der Waals surface area (Å²) < 4.78 is 0. The van der Waals surface area contributed by atoms with Crippen LogP contribution in [0.25, 0.3) is 5.57 Å². The number of imide groups is 1. The minimum Gasteiger partial charge on any atom is -0.268 e. The molecule has 1 heterocycles. The topological polar surface area (TPSA) is 37.4 Å². The molecule has 1 aliphatic rings. The van der Waals surface area contributed by atoms with Crippen molar-refractivity contribution in [3.05, 3.63) is 98.4 Å². The average molecular weight is 454 g/mol. The van der Waals surface area contributed by atoms with Gasteiger partial charge >= 0.3 is 0 Å². The van der Waals surface area contributed by atoms with Gasteiger partial charge in [0, 0.05) is 4.90 Å². The molecule has 1 aliphatic heterocycles. The Morgan fingerprint density at radius 2 is 1.57 bits per heavy atom. The molecule has 0 bridgehead atoms. The molecule has 30 heavy (non-hydrogen) atoms. The lowest BCUT2D eigenvalue weighted by Gasteiger charge is -2.17. The summed E-state index contributed by atoms with van der Waals surface area (Å²) in [5, 5.41) is 0.457. The highest BCUT2D eigenvalue weighted by atomic mass is 35.5. The minimum absolute atomic E-state index is 0.173. The molecule has 0 saturated heterocycles. The molecule has 0 saturated carbocycles. The number of carbonyl (C=O) groups excluding carboxylic acids is 2. The van der Waals surface area contributed by atoms with E-state index in [1.54, 1.807) is 18.2 Å². The highest BCUT2D eigenvalue weighted by Crippen LogP contribution is 2.44. The molecule has 150 valence electrons. The van der Waals surface area contributed by atoms with E-state index in [-0.39, 0.29) is 15.7 Å². The lowest BCUT2D eigenvalue weighted by molar-refractivity contribution is -0.119. The van der Waals surface area contributed by atoms with Crippen molar-refractivity contribution >= 4 is 58.0 Å². The number of anilines is 1. The third-order valence-corrected chi connectivity index (χ3v) is 6.73. The summed E-state index contributed by atoms with van der Waals surface area (Å²) in [6.07, 6.45) is 0. The number of amides is 2. The van der Waals surface area contributed by atoms with Crippen LogP contribution in [-0.2, 0) is 9.59 Å². The molecule has 4 rings (SSSR count). The third kappa shape index (κ3) is 3.67. The first-order chi connectivity index (χ1) is 14.4. The standard InChI is InChI=1S/C24H17Cl2NO2S/c1-14-11-12-17(15(2)13-14)20-22(30-16-7-4-3-5-8-16)24(29)27(23(20)28)19-10-6-9-18(25)21(19)26/h3-13H,1-2H3. The molecule has 0 unspecified atom stereocenters. The Morgan fingerprint density at radius 1 is 0.833 bits per heavy atom. The molecular weight excluding hydrogens is 437 g/mol. The first kappa shape index (κ1) is 20.7. The van der Waals surface area contributed by atoms with Gasteiger partial charge in [0.1, 0.15) is 0 Å². The maximum absolute atomic E-state index is 13.6. The molecule has 2 amide bonds. The fraction of sp³-hybridized carbons (Fsp3) is 0.0833. The van der Waals surface area contributed by atoms with Crippen molar-refractivity contribution < 1.29 is 9.59 Å². The SMILES string of the molecule is Cc1ccc(C2=C(Sc3ccccc3)C(=O)N(c3cccc(Cl)c3Cl)C2=O)c(C)c1. The number of thioether (sulfide) groups is 1. The number of carbonyl (C=O) groups is 2. The van der Waals surface area contributed by atoms with Gasteiger partial charge in [-0.2, -0.15) is 0 Å². The van der Waals surface area contributed by atoms with E-state index in [1.165, 1.54) is 11.8 Å². The largest absolute Gasteiger partial charge is 0.272 e. The molecule has 0 fully saturated rings. The first-order valence-electron chi connectivity index (χ1n) is 9.26. The van der Waals surface area contributed by atoms with Crippen molar-refractivity contribution in [2.45, 2.75) is 18.7 Å². The summed E-state index contributed by atoms with van der Waals surface area (Å²) in [5.74, 6) is -0.817. The van der Waals surface area contributed by atoms with E-state index in [2.05, 4.69) is 0 Å². The van der Waals surface area contributed by atoms with E-state index < -0.39 is 11.8 Å². The number of halogens is 2. The zero-order chi connectivity index (χ0) is 21.4. The van der Waals surface area contributed by atoms with Crippen LogP contribution in [-0.4, -0.2) is 11.8 Å². The summed E-state index contributed by atoms with van der Waals surface area (Å²) in [7, 11) is 0. The minimum atomic E-state index is -0.409. The Morgan fingerprint density at radius 3 is 2.27 bits per heavy atom. The predicted octanol–water partition coefficient (Wildman–Crippen LogP) is 6.69. The van der Waals surface area contributed by atoms with Crippen LogP contribution in [0.1, 0.15) is 16.7 Å². The Labute approximate surface area is 189 Å². The number of hydrogen-bond acceptors (Lipinski definition) is 3. The Bertz CT molecular complexity index is 1210. The van der Waals surface area contributed by atoms with Gasteiger partial charge in [-0.15, -0.1) is 0 Å². The molecule has 3 aromatic rings. The summed E-state index contributed by atoms with van der Waals surface area (Å²) in [6.45, 7) is 3.93. The second-order valence-corrected chi connectivity index (χ2v) is 8.83. The van der Waals surface area contributed by atoms with Crippen LogP contribution in [0.15, 0.2) is 76.5 Å². The molecule has 0 N–H and O–H groups in total. The van der Waals surface area contributed by atoms with Gasteiger partial charge < -0.3 is 0 Å². The molecule has 3 aromatic carbocycles. The van der Waals surface area contributed by atoms with Crippen molar-refractivity contribution in [2.24, 2.45) is 0 Å². The van der Waals surface area contributed by atoms with E-state index in [0.717, 1.165) is 26.5 Å². The van der Waals surface area contributed by atoms with Crippen LogP contribution >= 0.6 is 35.0 Å². The summed E-state index contributed by atoms with van der Waals surface area (Å²) in [5.41, 5.74) is 3.41. The van der Waals surface area contributed by atoms with Gasteiger partial charge in [-0.05, 0) is 49.2 Å². The quantitative estimate of drug-likeness (QED) is 0.413. The first-order valence-corrected chi connectivity index (χ1v) is 10.8. The van der Waals surface area contributed by atoms with Crippen LogP contribution in [0.4, 0.5) is 5.69 Å². The number of rotatable bonds is 4. The van der Waals surface area contributed by atoms with Crippen molar-refractivity contribution in [1.29, 1.82) is 0 Å². The van der Waals surface area contributed by atoms with Gasteiger partial charge in [0.05, 0.1) is 26.2 Å². The van der Waals surface area contributed by atoms with Gasteiger partial charge in [0.25, 0.3) is 11.8 Å². The second kappa shape index (κ2) is 8.31. The highest BCUT2D eigenvalue weighted by molar-refractivity contribution is 8.04. The van der Waals surface area contributed by atoms with Crippen LogP contribution in [0.3, 0.4) is 0 Å². The van der Waals surface area contributed by atoms with Gasteiger partial charge in [-0.1, -0.05) is 83.0 Å². The second-order valence-electron chi connectivity index (χ2n) is 6.96. The summed E-state index contributed by atoms with van der Waals surface area (Å²) >= 11 is 13.8. The fourth-order valence-electron chi connectivity index (χ4n) is 3.43. The molecule has 0 aliphatic carbocycles. The van der Waals surface area contributed by atoms with E-state index >= 15 is 0 Å². The molecule has 0 spiro atoms. The number of benzene rings is 3. The molecular formula is C24H17Cl2NO2S. The number of aryl methyl sites for hydroxylation is 2. The lowest BCUT2D eigenvalue weighted by Crippen LogP contribution is -2.31. The maximum atomic E-state index is 13.6. The van der Waals surface area contributed by atoms with Crippen molar-refractivity contribution in [2.75, 3.05) is 4.90 Å². The predicted molar refractivity (Wildman–Crippen MR) is 124 cm³/mol. The smallest absolute Gasteiger partial charge is 0.268 e. The molecule has 0 atom stereocenters. The zero-order valence-electron chi connectivity index (χ0n) is 16.3. The summed E-state index contributed by atoms with van der Waals surface area (Å²) in [4.78, 5) is 29.4. The normalized spacial score (nSPS) is 14.1. The van der Waals surface area contributed by atoms with E-state index in [1.807, 2.05) is 62.4 Å². The van der Waals surface area contributed by atoms with Crippen molar-refractivity contribution in [3.63, 3.8) is 0 Å². The van der Waals surface area contributed by atoms with Gasteiger partial charge in [-0.3, -0.25) is 9.59 Å². The Kier molecular flexibility index (Phi) is 5.74. The van der Waals surface area contributed by atoms with Crippen LogP contribution in [0.5, 0.6) is 0 Å². The van der Waals surface area contributed by atoms with Crippen LogP contribution in [0.2, 0.25) is 10.0 Å². The van der Waals surface area contributed by atoms with E-state index in [4.69, 9.17) is 23.2 Å². The monoisotopic (exact) mass is 453 g/mol. The number of hydrogen-bond donors (Lipinski definition) is 0. The molecule has 3 nitrogen and oxygen atoms in total. The van der Waals surface area contributed by atoms with Gasteiger partial charge in [-0.25, -0.2) is 4.90 Å². The Hall–Kier alpha value is -2.53. The molecule has 0 radical (unpaired) electrons. The van der Waals surface area contributed by atoms with Gasteiger partial charge in [0.15, 0.2) is 0 Å². The van der Waals surface area contributed by atoms with Crippen molar-refractivity contribution in [3.8, 4) is 0 Å². The number of nitrogens with zero attached hydrogens (tertiary/aromatic N) is 1. The van der Waals surface area contributed by atoms with Crippen molar-refractivity contribution in [1.82, 2.24) is 0 Å². The maximum Gasteiger partial charge on any atom is 0.272 e. The van der Waals surface area contributed by atoms with E-state index in [9.17, 15) is 9.59 Å². The van der Waals surface area contributed by atoms with Crippen LogP contribution < -0.4 is 4.90 Å². The third-order valence-electron chi connectivity index (χ3n) is 4.83. The molecule has 6 heteroatoms. The van der Waals surface area contributed by atoms with E-state index in [0.29, 0.717) is 10.5 Å². The Balaban J connectivity index is 1.89. The fourth-order valence-corrected chi connectivity index (χ4v) is 4.81. The lowest BCUT2D eigenvalue weighted by atomic mass is 9.99.